The van der Waals surface area contributed by atoms with Crippen LogP contribution >= 0.6 is 11.6 Å². The fourth-order valence-electron chi connectivity index (χ4n) is 2.82. The highest BCUT2D eigenvalue weighted by Crippen LogP contribution is 2.28. The van der Waals surface area contributed by atoms with Crippen molar-refractivity contribution in [1.29, 1.82) is 0 Å². The van der Waals surface area contributed by atoms with Crippen LogP contribution in [0.3, 0.4) is 0 Å². The van der Waals surface area contributed by atoms with Crippen LogP contribution in [0.5, 0.6) is 0 Å². The Morgan fingerprint density at radius 3 is 2.96 bits per heavy atom. The van der Waals surface area contributed by atoms with Crippen LogP contribution in [0.25, 0.3) is 11.3 Å². The van der Waals surface area contributed by atoms with Crippen LogP contribution in [0.2, 0.25) is 5.02 Å². The normalized spacial score (nSPS) is 18.0. The summed E-state index contributed by atoms with van der Waals surface area (Å²) in [5.74, 6) is -0.958. The van der Waals surface area contributed by atoms with Crippen LogP contribution < -0.4 is 10.6 Å². The van der Waals surface area contributed by atoms with Gasteiger partial charge in [-0.1, -0.05) is 17.7 Å². The summed E-state index contributed by atoms with van der Waals surface area (Å²) in [5, 5.41) is 10.6. The van der Waals surface area contributed by atoms with Crippen molar-refractivity contribution in [3.63, 3.8) is 0 Å². The lowest BCUT2D eigenvalue weighted by molar-refractivity contribution is 0.0926. The maximum Gasteiger partial charge on any atom is 0.254 e. The van der Waals surface area contributed by atoms with E-state index < -0.39 is 5.82 Å². The van der Waals surface area contributed by atoms with Gasteiger partial charge in [-0.05, 0) is 31.5 Å². The second-order valence-corrected chi connectivity index (χ2v) is 6.08. The van der Waals surface area contributed by atoms with Gasteiger partial charge in [0.15, 0.2) is 0 Å². The van der Waals surface area contributed by atoms with Crippen LogP contribution in [-0.4, -0.2) is 34.8 Å². The second kappa shape index (κ2) is 6.68. The maximum atomic E-state index is 14.4. The maximum absolute atomic E-state index is 14.4. The van der Waals surface area contributed by atoms with Gasteiger partial charge in [-0.25, -0.2) is 4.39 Å². The number of halogens is 2. The van der Waals surface area contributed by atoms with E-state index in [2.05, 4.69) is 15.7 Å². The van der Waals surface area contributed by atoms with Crippen LogP contribution in [0.4, 0.5) is 4.39 Å². The number of aromatic nitrogens is 2. The summed E-state index contributed by atoms with van der Waals surface area (Å²) in [6.07, 6.45) is 3.42. The number of rotatable bonds is 3. The molecular weight excluding hydrogens is 319 g/mol. The van der Waals surface area contributed by atoms with Crippen LogP contribution in [-0.2, 0) is 7.05 Å². The Labute approximate surface area is 138 Å². The van der Waals surface area contributed by atoms with Crippen LogP contribution in [0, 0.1) is 5.82 Å². The summed E-state index contributed by atoms with van der Waals surface area (Å²) in [4.78, 5) is 12.2. The number of piperidine rings is 1. The van der Waals surface area contributed by atoms with E-state index in [1.807, 2.05) is 0 Å². The number of amides is 1. The van der Waals surface area contributed by atoms with Crippen molar-refractivity contribution in [2.75, 3.05) is 13.1 Å². The average Bonchev–Trinajstić information content (AvgIpc) is 2.87. The van der Waals surface area contributed by atoms with Gasteiger partial charge in [0.2, 0.25) is 0 Å². The Hall–Kier alpha value is -1.92. The number of nitrogens with one attached hydrogen (secondary N) is 2. The number of benzene rings is 1. The molecule has 1 aliphatic rings. The van der Waals surface area contributed by atoms with Crippen molar-refractivity contribution in [3.05, 3.63) is 40.8 Å². The minimum Gasteiger partial charge on any atom is -0.348 e. The molecule has 0 spiro atoms. The summed E-state index contributed by atoms with van der Waals surface area (Å²) in [7, 11) is 1.73. The minimum absolute atomic E-state index is 0.0395. The van der Waals surface area contributed by atoms with E-state index >= 15 is 0 Å². The molecule has 1 atom stereocenters. The molecule has 3 rings (SSSR count). The highest BCUT2D eigenvalue weighted by atomic mass is 35.5. The molecule has 2 aromatic rings. The zero-order chi connectivity index (χ0) is 16.4. The van der Waals surface area contributed by atoms with Crippen molar-refractivity contribution in [2.45, 2.75) is 18.9 Å². The van der Waals surface area contributed by atoms with Gasteiger partial charge in [-0.3, -0.25) is 9.48 Å². The quantitative estimate of drug-likeness (QED) is 0.904. The van der Waals surface area contributed by atoms with Crippen molar-refractivity contribution in [3.8, 4) is 11.3 Å². The molecule has 1 saturated heterocycles. The minimum atomic E-state index is -0.568. The average molecular weight is 337 g/mol. The van der Waals surface area contributed by atoms with Crippen LogP contribution in [0.1, 0.15) is 23.2 Å². The fraction of sp³-hybridized carbons (Fsp3) is 0.375. The van der Waals surface area contributed by atoms with E-state index in [1.165, 1.54) is 18.3 Å². The molecule has 0 radical (unpaired) electrons. The highest BCUT2D eigenvalue weighted by molar-refractivity contribution is 6.33. The van der Waals surface area contributed by atoms with E-state index in [0.717, 1.165) is 25.9 Å². The lowest BCUT2D eigenvalue weighted by Crippen LogP contribution is -2.45. The lowest BCUT2D eigenvalue weighted by Gasteiger charge is -2.23. The number of aryl methyl sites for hydroxylation is 1. The first-order valence-corrected chi connectivity index (χ1v) is 7.93. The molecule has 1 fully saturated rings. The molecule has 1 amide bonds. The van der Waals surface area contributed by atoms with E-state index in [1.54, 1.807) is 17.8 Å². The van der Waals surface area contributed by atoms with Crippen LogP contribution in [0.15, 0.2) is 24.4 Å². The van der Waals surface area contributed by atoms with Gasteiger partial charge in [0, 0.05) is 25.2 Å². The second-order valence-electron chi connectivity index (χ2n) is 5.68. The topological polar surface area (TPSA) is 59.0 Å². The number of hydrogen-bond donors (Lipinski definition) is 2. The molecule has 7 heteroatoms. The molecule has 2 N–H and O–H groups in total. The molecular formula is C16H18ClFN4O. The highest BCUT2D eigenvalue weighted by Gasteiger charge is 2.19. The zero-order valence-electron chi connectivity index (χ0n) is 12.8. The van der Waals surface area contributed by atoms with Gasteiger partial charge in [0.1, 0.15) is 5.82 Å². The van der Waals surface area contributed by atoms with Gasteiger partial charge in [0.05, 0.1) is 22.5 Å². The SMILES string of the molecule is Cn1ncc(Cl)c1-c1ccc(C(=O)NC2CCCNC2)c(F)c1. The Morgan fingerprint density at radius 1 is 1.52 bits per heavy atom. The predicted molar refractivity (Wildman–Crippen MR) is 87.0 cm³/mol. The number of nitrogens with zero attached hydrogens (tertiary/aromatic N) is 2. The van der Waals surface area contributed by atoms with Gasteiger partial charge >= 0.3 is 0 Å². The van der Waals surface area contributed by atoms with Crippen molar-refractivity contribution in [1.82, 2.24) is 20.4 Å². The molecule has 1 aromatic carbocycles. The molecule has 1 unspecified atom stereocenters. The van der Waals surface area contributed by atoms with Gasteiger partial charge in [-0.2, -0.15) is 5.10 Å². The molecule has 5 nitrogen and oxygen atoms in total. The predicted octanol–water partition coefficient (Wildman–Crippen LogP) is 2.36. The van der Waals surface area contributed by atoms with E-state index in [0.29, 0.717) is 16.3 Å². The van der Waals surface area contributed by atoms with Crippen molar-refractivity contribution >= 4 is 17.5 Å². The number of carbonyl (C=O) groups excluding carboxylic acids is 1. The molecule has 23 heavy (non-hydrogen) atoms. The summed E-state index contributed by atoms with van der Waals surface area (Å²) >= 11 is 6.07. The smallest absolute Gasteiger partial charge is 0.254 e. The van der Waals surface area contributed by atoms with Gasteiger partial charge in [0.25, 0.3) is 5.91 Å². The first-order chi connectivity index (χ1) is 11.1. The molecule has 122 valence electrons. The number of carbonyl (C=O) groups is 1. The Bertz CT molecular complexity index is 705. The zero-order valence-corrected chi connectivity index (χ0v) is 13.5. The monoisotopic (exact) mass is 336 g/mol. The van der Waals surface area contributed by atoms with E-state index in [9.17, 15) is 9.18 Å². The largest absolute Gasteiger partial charge is 0.348 e. The first kappa shape index (κ1) is 16.0. The molecule has 0 aliphatic carbocycles. The molecule has 1 aromatic heterocycles. The van der Waals surface area contributed by atoms with Gasteiger partial charge in [-0.15, -0.1) is 0 Å². The Balaban J connectivity index is 1.80. The molecule has 0 saturated carbocycles. The molecule has 1 aliphatic heterocycles. The standard InChI is InChI=1S/C16H18ClFN4O/c1-22-15(13(17)9-20-22)10-4-5-12(14(18)7-10)16(23)21-11-3-2-6-19-8-11/h4-5,7,9,11,19H,2-3,6,8H2,1H3,(H,21,23). The van der Waals surface area contributed by atoms with Crippen molar-refractivity contribution in [2.24, 2.45) is 7.05 Å². The summed E-state index contributed by atoms with van der Waals surface area (Å²) in [5.41, 5.74) is 1.25. The summed E-state index contributed by atoms with van der Waals surface area (Å²) in [6, 6.07) is 4.53. The van der Waals surface area contributed by atoms with E-state index in [-0.39, 0.29) is 17.5 Å². The third-order valence-corrected chi connectivity index (χ3v) is 4.29. The summed E-state index contributed by atoms with van der Waals surface area (Å²) < 4.78 is 15.9. The lowest BCUT2D eigenvalue weighted by atomic mass is 10.1. The van der Waals surface area contributed by atoms with E-state index in [4.69, 9.17) is 11.6 Å². The fourth-order valence-corrected chi connectivity index (χ4v) is 3.10. The molecule has 2 heterocycles. The Kier molecular flexibility index (Phi) is 4.63. The Morgan fingerprint density at radius 2 is 2.35 bits per heavy atom. The van der Waals surface area contributed by atoms with Crippen molar-refractivity contribution < 1.29 is 9.18 Å². The third-order valence-electron chi connectivity index (χ3n) is 4.01. The summed E-state index contributed by atoms with van der Waals surface area (Å²) in [6.45, 7) is 1.68. The third kappa shape index (κ3) is 3.38. The first-order valence-electron chi connectivity index (χ1n) is 7.55. The number of hydrogen-bond acceptors (Lipinski definition) is 3. The molecule has 0 bridgehead atoms. The van der Waals surface area contributed by atoms with Gasteiger partial charge < -0.3 is 10.6 Å².